The molecule has 0 aromatic heterocycles. The van der Waals surface area contributed by atoms with Crippen LogP contribution in [0.15, 0.2) is 0 Å². The number of aliphatic hydroxyl groups excluding tert-OH is 1. The minimum Gasteiger partial charge on any atom is -0.392 e. The highest BCUT2D eigenvalue weighted by Gasteiger charge is 2.32. The van der Waals surface area contributed by atoms with Crippen LogP contribution >= 0.6 is 0 Å². The standard InChI is InChI=1S/C10H21NO/c1-8-9(12)6-5-7-11(8)10(2,3)4/h8-9,12H,5-7H2,1-4H3/t8-,9-/m0/s1. The third-order valence-electron chi connectivity index (χ3n) is 2.81. The monoisotopic (exact) mass is 171 g/mol. The minimum absolute atomic E-state index is 0.127. The second-order valence-corrected chi connectivity index (χ2v) is 4.81. The van der Waals surface area contributed by atoms with Crippen LogP contribution in [-0.2, 0) is 0 Å². The topological polar surface area (TPSA) is 23.5 Å². The quantitative estimate of drug-likeness (QED) is 0.599. The molecule has 0 radical (unpaired) electrons. The fourth-order valence-corrected chi connectivity index (χ4v) is 2.07. The van der Waals surface area contributed by atoms with Crippen molar-refractivity contribution in [2.75, 3.05) is 6.54 Å². The van der Waals surface area contributed by atoms with Gasteiger partial charge in [0.15, 0.2) is 0 Å². The summed E-state index contributed by atoms with van der Waals surface area (Å²) in [6, 6.07) is 0.318. The van der Waals surface area contributed by atoms with Gasteiger partial charge in [0.1, 0.15) is 0 Å². The van der Waals surface area contributed by atoms with Crippen molar-refractivity contribution < 1.29 is 5.11 Å². The van der Waals surface area contributed by atoms with Crippen LogP contribution < -0.4 is 0 Å². The highest BCUT2D eigenvalue weighted by Crippen LogP contribution is 2.25. The number of aliphatic hydroxyl groups is 1. The lowest BCUT2D eigenvalue weighted by atomic mass is 9.94. The van der Waals surface area contributed by atoms with Gasteiger partial charge in [-0.15, -0.1) is 0 Å². The zero-order valence-electron chi connectivity index (χ0n) is 8.67. The number of nitrogens with zero attached hydrogens (tertiary/aromatic N) is 1. The van der Waals surface area contributed by atoms with Gasteiger partial charge in [0.25, 0.3) is 0 Å². The Hall–Kier alpha value is -0.0800. The Morgan fingerprint density at radius 3 is 2.33 bits per heavy atom. The van der Waals surface area contributed by atoms with E-state index in [-0.39, 0.29) is 11.6 Å². The average Bonchev–Trinajstić information content (AvgIpc) is 1.92. The third-order valence-corrected chi connectivity index (χ3v) is 2.81. The number of piperidine rings is 1. The normalized spacial score (nSPS) is 33.8. The van der Waals surface area contributed by atoms with Crippen LogP contribution in [0, 0.1) is 0 Å². The molecule has 0 aromatic rings. The van der Waals surface area contributed by atoms with Crippen LogP contribution in [0.3, 0.4) is 0 Å². The number of hydrogen-bond acceptors (Lipinski definition) is 2. The molecule has 1 rings (SSSR count). The molecule has 0 aromatic carbocycles. The first-order chi connectivity index (χ1) is 5.43. The van der Waals surface area contributed by atoms with Crippen molar-refractivity contribution in [1.82, 2.24) is 4.90 Å². The van der Waals surface area contributed by atoms with E-state index < -0.39 is 0 Å². The average molecular weight is 171 g/mol. The Bertz CT molecular complexity index is 150. The number of likely N-dealkylation sites (tertiary alicyclic amines) is 1. The Morgan fingerprint density at radius 1 is 1.33 bits per heavy atom. The maximum atomic E-state index is 9.67. The summed E-state index contributed by atoms with van der Waals surface area (Å²) in [7, 11) is 0. The summed E-state index contributed by atoms with van der Waals surface area (Å²) in [5, 5.41) is 9.67. The van der Waals surface area contributed by atoms with E-state index >= 15 is 0 Å². The van der Waals surface area contributed by atoms with Crippen molar-refractivity contribution in [3.63, 3.8) is 0 Å². The van der Waals surface area contributed by atoms with Gasteiger partial charge in [0.2, 0.25) is 0 Å². The fourth-order valence-electron chi connectivity index (χ4n) is 2.07. The lowest BCUT2D eigenvalue weighted by Crippen LogP contribution is -2.54. The lowest BCUT2D eigenvalue weighted by Gasteiger charge is -2.45. The van der Waals surface area contributed by atoms with E-state index in [1.807, 2.05) is 0 Å². The zero-order valence-corrected chi connectivity index (χ0v) is 8.67. The molecule has 0 aliphatic carbocycles. The van der Waals surface area contributed by atoms with Gasteiger partial charge in [-0.25, -0.2) is 0 Å². The van der Waals surface area contributed by atoms with Crippen molar-refractivity contribution >= 4 is 0 Å². The van der Waals surface area contributed by atoms with E-state index in [1.54, 1.807) is 0 Å². The molecule has 1 fully saturated rings. The molecule has 2 nitrogen and oxygen atoms in total. The summed E-state index contributed by atoms with van der Waals surface area (Å²) in [4.78, 5) is 2.39. The maximum absolute atomic E-state index is 9.67. The highest BCUT2D eigenvalue weighted by atomic mass is 16.3. The molecule has 1 saturated heterocycles. The predicted molar refractivity (Wildman–Crippen MR) is 51.2 cm³/mol. The van der Waals surface area contributed by atoms with Gasteiger partial charge in [0, 0.05) is 11.6 Å². The first-order valence-electron chi connectivity index (χ1n) is 4.88. The van der Waals surface area contributed by atoms with Crippen LogP contribution in [-0.4, -0.2) is 34.2 Å². The zero-order chi connectivity index (χ0) is 9.35. The molecule has 1 aliphatic rings. The smallest absolute Gasteiger partial charge is 0.0693 e. The summed E-state index contributed by atoms with van der Waals surface area (Å²) in [6.45, 7) is 9.88. The summed E-state index contributed by atoms with van der Waals surface area (Å²) >= 11 is 0. The van der Waals surface area contributed by atoms with Crippen LogP contribution in [0.2, 0.25) is 0 Å². The van der Waals surface area contributed by atoms with Crippen LogP contribution in [0.4, 0.5) is 0 Å². The maximum Gasteiger partial charge on any atom is 0.0693 e. The van der Waals surface area contributed by atoms with Gasteiger partial charge in [-0.1, -0.05) is 0 Å². The SMILES string of the molecule is C[C@H]1[C@@H](O)CCCN1C(C)(C)C. The predicted octanol–water partition coefficient (Wildman–Crippen LogP) is 1.63. The molecule has 2 atom stereocenters. The second kappa shape index (κ2) is 3.35. The van der Waals surface area contributed by atoms with Crippen molar-refractivity contribution in [3.8, 4) is 0 Å². The van der Waals surface area contributed by atoms with Crippen LogP contribution in [0.1, 0.15) is 40.5 Å². The summed E-state index contributed by atoms with van der Waals surface area (Å²) in [5.74, 6) is 0. The summed E-state index contributed by atoms with van der Waals surface area (Å²) in [5.41, 5.74) is 0.195. The second-order valence-electron chi connectivity index (χ2n) is 4.81. The molecule has 0 amide bonds. The molecule has 0 saturated carbocycles. The molecular weight excluding hydrogens is 150 g/mol. The summed E-state index contributed by atoms with van der Waals surface area (Å²) < 4.78 is 0. The van der Waals surface area contributed by atoms with Gasteiger partial charge in [-0.05, 0) is 47.1 Å². The van der Waals surface area contributed by atoms with Gasteiger partial charge in [-0.2, -0.15) is 0 Å². The molecule has 0 bridgehead atoms. The molecule has 1 N–H and O–H groups in total. The fraction of sp³-hybridized carbons (Fsp3) is 1.00. The Morgan fingerprint density at radius 2 is 1.92 bits per heavy atom. The Labute approximate surface area is 75.6 Å². The molecule has 1 heterocycles. The van der Waals surface area contributed by atoms with E-state index in [4.69, 9.17) is 0 Å². The van der Waals surface area contributed by atoms with Gasteiger partial charge in [0.05, 0.1) is 6.10 Å². The van der Waals surface area contributed by atoms with E-state index in [9.17, 15) is 5.11 Å². The van der Waals surface area contributed by atoms with Crippen molar-refractivity contribution in [2.45, 2.75) is 58.2 Å². The van der Waals surface area contributed by atoms with Gasteiger partial charge in [-0.3, -0.25) is 4.90 Å². The van der Waals surface area contributed by atoms with Crippen molar-refractivity contribution in [2.24, 2.45) is 0 Å². The van der Waals surface area contributed by atoms with E-state index in [2.05, 4.69) is 32.6 Å². The summed E-state index contributed by atoms with van der Waals surface area (Å²) in [6.07, 6.45) is 1.97. The van der Waals surface area contributed by atoms with Crippen LogP contribution in [0.5, 0.6) is 0 Å². The number of hydrogen-bond donors (Lipinski definition) is 1. The van der Waals surface area contributed by atoms with Crippen LogP contribution in [0.25, 0.3) is 0 Å². The molecule has 0 spiro atoms. The molecule has 12 heavy (non-hydrogen) atoms. The largest absolute Gasteiger partial charge is 0.392 e. The molecule has 1 aliphatic heterocycles. The molecular formula is C10H21NO. The molecule has 2 heteroatoms. The molecule has 0 unspecified atom stereocenters. The Kier molecular flexibility index (Phi) is 2.79. The number of rotatable bonds is 0. The first-order valence-corrected chi connectivity index (χ1v) is 4.88. The minimum atomic E-state index is -0.127. The van der Waals surface area contributed by atoms with Gasteiger partial charge >= 0.3 is 0 Å². The van der Waals surface area contributed by atoms with Crippen molar-refractivity contribution in [3.05, 3.63) is 0 Å². The highest BCUT2D eigenvalue weighted by molar-refractivity contribution is 4.88. The molecule has 72 valence electrons. The lowest BCUT2D eigenvalue weighted by molar-refractivity contribution is -0.0260. The van der Waals surface area contributed by atoms with E-state index in [0.717, 1.165) is 19.4 Å². The Balaban J connectivity index is 2.64. The van der Waals surface area contributed by atoms with E-state index in [1.165, 1.54) is 0 Å². The van der Waals surface area contributed by atoms with Gasteiger partial charge < -0.3 is 5.11 Å². The third kappa shape index (κ3) is 1.99. The van der Waals surface area contributed by atoms with E-state index in [0.29, 0.717) is 6.04 Å². The van der Waals surface area contributed by atoms with Crippen molar-refractivity contribution in [1.29, 1.82) is 0 Å². The first kappa shape index (κ1) is 10.0.